The predicted octanol–water partition coefficient (Wildman–Crippen LogP) is 2.58. The zero-order chi connectivity index (χ0) is 20.1. The standard InChI is InChI=1S/C16H15N3O7S/c1-4-26-15(22)12-8(2)17-16(27-12)18-13(20)9-5-10(14(21)25-3)7-11(6-9)19(23)24/h5-7H,4H2,1-3H3,(H,17,18,20). The largest absolute Gasteiger partial charge is 0.465 e. The number of benzene rings is 1. The molecule has 0 radical (unpaired) electrons. The molecule has 0 aliphatic rings. The highest BCUT2D eigenvalue weighted by molar-refractivity contribution is 7.17. The highest BCUT2D eigenvalue weighted by atomic mass is 32.1. The molecule has 0 spiro atoms. The first-order chi connectivity index (χ1) is 12.8. The summed E-state index contributed by atoms with van der Waals surface area (Å²) in [6.45, 7) is 3.45. The number of hydrogen-bond acceptors (Lipinski definition) is 9. The van der Waals surface area contributed by atoms with Crippen LogP contribution in [0.2, 0.25) is 0 Å². The fourth-order valence-electron chi connectivity index (χ4n) is 2.09. The van der Waals surface area contributed by atoms with Gasteiger partial charge in [0.25, 0.3) is 11.6 Å². The number of amides is 1. The summed E-state index contributed by atoms with van der Waals surface area (Å²) in [5, 5.41) is 13.6. The topological polar surface area (TPSA) is 138 Å². The third kappa shape index (κ3) is 4.64. The van der Waals surface area contributed by atoms with Crippen LogP contribution < -0.4 is 5.32 Å². The first-order valence-electron chi connectivity index (χ1n) is 7.60. The van der Waals surface area contributed by atoms with E-state index in [-0.39, 0.29) is 27.7 Å². The lowest BCUT2D eigenvalue weighted by molar-refractivity contribution is -0.384. The van der Waals surface area contributed by atoms with Crippen LogP contribution in [0, 0.1) is 17.0 Å². The number of methoxy groups -OCH3 is 1. The number of aromatic nitrogens is 1. The zero-order valence-corrected chi connectivity index (χ0v) is 15.4. The Morgan fingerprint density at radius 2 is 1.89 bits per heavy atom. The average Bonchev–Trinajstić information content (AvgIpc) is 3.00. The maximum absolute atomic E-state index is 12.4. The van der Waals surface area contributed by atoms with Crippen molar-refractivity contribution in [2.24, 2.45) is 0 Å². The van der Waals surface area contributed by atoms with Crippen molar-refractivity contribution < 1.29 is 28.8 Å². The molecular weight excluding hydrogens is 378 g/mol. The third-order valence-electron chi connectivity index (χ3n) is 3.29. The van der Waals surface area contributed by atoms with Gasteiger partial charge in [-0.1, -0.05) is 11.3 Å². The number of rotatable bonds is 6. The van der Waals surface area contributed by atoms with E-state index in [9.17, 15) is 24.5 Å². The van der Waals surface area contributed by atoms with Gasteiger partial charge in [0, 0.05) is 17.7 Å². The number of esters is 2. The van der Waals surface area contributed by atoms with E-state index in [1.54, 1.807) is 13.8 Å². The first-order valence-corrected chi connectivity index (χ1v) is 8.42. The summed E-state index contributed by atoms with van der Waals surface area (Å²) >= 11 is 0.913. The molecule has 2 aromatic rings. The summed E-state index contributed by atoms with van der Waals surface area (Å²) in [7, 11) is 1.12. The maximum atomic E-state index is 12.4. The molecule has 0 aliphatic heterocycles. The predicted molar refractivity (Wildman–Crippen MR) is 95.2 cm³/mol. The van der Waals surface area contributed by atoms with Gasteiger partial charge in [-0.25, -0.2) is 14.6 Å². The van der Waals surface area contributed by atoms with Crippen LogP contribution >= 0.6 is 11.3 Å². The number of hydrogen-bond donors (Lipinski definition) is 1. The molecule has 0 fully saturated rings. The Morgan fingerprint density at radius 3 is 2.48 bits per heavy atom. The first kappa shape index (κ1) is 20.0. The molecule has 0 saturated carbocycles. The lowest BCUT2D eigenvalue weighted by Crippen LogP contribution is -2.14. The van der Waals surface area contributed by atoms with Crippen LogP contribution in [-0.4, -0.2) is 41.5 Å². The van der Waals surface area contributed by atoms with Gasteiger partial charge in [-0.3, -0.25) is 20.2 Å². The lowest BCUT2D eigenvalue weighted by atomic mass is 10.1. The van der Waals surface area contributed by atoms with Crippen molar-refractivity contribution in [3.63, 3.8) is 0 Å². The molecule has 0 saturated heterocycles. The summed E-state index contributed by atoms with van der Waals surface area (Å²) in [5.41, 5.74) is -0.330. The number of non-ortho nitro benzene ring substituents is 1. The molecule has 11 heteroatoms. The van der Waals surface area contributed by atoms with E-state index in [1.807, 2.05) is 0 Å². The van der Waals surface area contributed by atoms with Crippen molar-refractivity contribution in [3.05, 3.63) is 50.0 Å². The van der Waals surface area contributed by atoms with E-state index >= 15 is 0 Å². The van der Waals surface area contributed by atoms with Crippen LogP contribution in [0.3, 0.4) is 0 Å². The van der Waals surface area contributed by atoms with Crippen LogP contribution in [0.5, 0.6) is 0 Å². The van der Waals surface area contributed by atoms with E-state index in [2.05, 4.69) is 15.0 Å². The zero-order valence-electron chi connectivity index (χ0n) is 14.6. The number of nitrogens with zero attached hydrogens (tertiary/aromatic N) is 2. The molecule has 2 rings (SSSR count). The minimum atomic E-state index is -0.817. The second kappa shape index (κ2) is 8.36. The Balaban J connectivity index is 2.31. The Kier molecular flexibility index (Phi) is 6.19. The van der Waals surface area contributed by atoms with E-state index in [1.165, 1.54) is 6.07 Å². The van der Waals surface area contributed by atoms with Crippen molar-refractivity contribution in [2.75, 3.05) is 19.0 Å². The second-order valence-electron chi connectivity index (χ2n) is 5.13. The molecule has 10 nitrogen and oxygen atoms in total. The Bertz CT molecular complexity index is 923. The number of carbonyl (C=O) groups is 3. The van der Waals surface area contributed by atoms with Gasteiger partial charge < -0.3 is 9.47 Å². The highest BCUT2D eigenvalue weighted by Gasteiger charge is 2.21. The molecule has 1 aromatic carbocycles. The van der Waals surface area contributed by atoms with Gasteiger partial charge in [0.15, 0.2) is 5.13 Å². The maximum Gasteiger partial charge on any atom is 0.350 e. The number of nitro groups is 1. The number of nitro benzene ring substituents is 1. The average molecular weight is 393 g/mol. The molecule has 1 N–H and O–H groups in total. The number of thiazole rings is 1. The van der Waals surface area contributed by atoms with E-state index < -0.39 is 28.5 Å². The molecular formula is C16H15N3O7S. The van der Waals surface area contributed by atoms with Gasteiger partial charge in [-0.15, -0.1) is 0 Å². The number of anilines is 1. The summed E-state index contributed by atoms with van der Waals surface area (Å²) in [6.07, 6.45) is 0. The monoisotopic (exact) mass is 393 g/mol. The van der Waals surface area contributed by atoms with Crippen molar-refractivity contribution in [1.82, 2.24) is 4.98 Å². The number of carbonyl (C=O) groups excluding carboxylic acids is 3. The minimum Gasteiger partial charge on any atom is -0.465 e. The molecule has 0 atom stereocenters. The summed E-state index contributed by atoms with van der Waals surface area (Å²) < 4.78 is 9.44. The van der Waals surface area contributed by atoms with E-state index in [0.29, 0.717) is 5.69 Å². The molecule has 1 aromatic heterocycles. The number of ether oxygens (including phenoxy) is 2. The number of nitrogens with one attached hydrogen (secondary N) is 1. The molecule has 1 amide bonds. The number of aryl methyl sites for hydroxylation is 1. The Labute approximate surface area is 157 Å². The fourth-order valence-corrected chi connectivity index (χ4v) is 2.94. The molecule has 142 valence electrons. The SMILES string of the molecule is CCOC(=O)c1sc(NC(=O)c2cc(C(=O)OC)cc([N+](=O)[O-])c2)nc1C. The highest BCUT2D eigenvalue weighted by Crippen LogP contribution is 2.25. The van der Waals surface area contributed by atoms with Crippen LogP contribution in [0.4, 0.5) is 10.8 Å². The van der Waals surface area contributed by atoms with Gasteiger partial charge in [0.1, 0.15) is 4.88 Å². The van der Waals surface area contributed by atoms with Crippen LogP contribution in [-0.2, 0) is 9.47 Å². The lowest BCUT2D eigenvalue weighted by Gasteiger charge is -2.05. The normalized spacial score (nSPS) is 10.2. The van der Waals surface area contributed by atoms with E-state index in [0.717, 1.165) is 30.6 Å². The molecule has 0 aliphatic carbocycles. The minimum absolute atomic E-state index is 0.117. The fraction of sp³-hybridized carbons (Fsp3) is 0.250. The van der Waals surface area contributed by atoms with Crippen molar-refractivity contribution in [3.8, 4) is 0 Å². The Hall–Kier alpha value is -3.34. The smallest absolute Gasteiger partial charge is 0.350 e. The summed E-state index contributed by atoms with van der Waals surface area (Å²) in [6, 6.07) is 3.20. The molecule has 0 unspecified atom stereocenters. The van der Waals surface area contributed by atoms with E-state index in [4.69, 9.17) is 4.74 Å². The summed E-state index contributed by atoms with van der Waals surface area (Å²) in [4.78, 5) is 50.5. The quantitative estimate of drug-likeness (QED) is 0.449. The van der Waals surface area contributed by atoms with Gasteiger partial charge in [0.05, 0.1) is 29.9 Å². The van der Waals surface area contributed by atoms with Gasteiger partial charge in [-0.05, 0) is 19.9 Å². The van der Waals surface area contributed by atoms with Gasteiger partial charge in [0.2, 0.25) is 0 Å². The molecule has 1 heterocycles. The second-order valence-corrected chi connectivity index (χ2v) is 6.12. The Morgan fingerprint density at radius 1 is 1.22 bits per heavy atom. The van der Waals surface area contributed by atoms with Crippen molar-refractivity contribution >= 4 is 40.0 Å². The molecule has 27 heavy (non-hydrogen) atoms. The summed E-state index contributed by atoms with van der Waals surface area (Å²) in [5.74, 6) is -2.10. The van der Waals surface area contributed by atoms with Gasteiger partial charge in [-0.2, -0.15) is 0 Å². The van der Waals surface area contributed by atoms with Crippen molar-refractivity contribution in [2.45, 2.75) is 13.8 Å². The molecule has 0 bridgehead atoms. The van der Waals surface area contributed by atoms with Crippen LogP contribution in [0.25, 0.3) is 0 Å². The van der Waals surface area contributed by atoms with Crippen molar-refractivity contribution in [1.29, 1.82) is 0 Å². The van der Waals surface area contributed by atoms with Crippen LogP contribution in [0.1, 0.15) is 43.0 Å². The van der Waals surface area contributed by atoms with Gasteiger partial charge >= 0.3 is 11.9 Å². The van der Waals surface area contributed by atoms with Crippen LogP contribution in [0.15, 0.2) is 18.2 Å². The third-order valence-corrected chi connectivity index (χ3v) is 4.34.